The monoisotopic (exact) mass is 294 g/mol. The van der Waals surface area contributed by atoms with Crippen molar-refractivity contribution in [3.05, 3.63) is 42.5 Å². The van der Waals surface area contributed by atoms with Crippen LogP contribution in [0.1, 0.15) is 13.8 Å². The molecule has 0 unspecified atom stereocenters. The SMILES string of the molecule is CCN(CC)CCNc1cc2ccc3ccccc3c2nn1. The molecule has 4 heteroatoms. The molecule has 0 saturated heterocycles. The van der Waals surface area contributed by atoms with Crippen LogP contribution in [0.15, 0.2) is 42.5 Å². The number of nitrogens with zero attached hydrogens (tertiary/aromatic N) is 3. The van der Waals surface area contributed by atoms with Crippen LogP contribution in [0.4, 0.5) is 5.82 Å². The summed E-state index contributed by atoms with van der Waals surface area (Å²) in [6.45, 7) is 8.43. The molecule has 0 radical (unpaired) electrons. The molecule has 0 atom stereocenters. The van der Waals surface area contributed by atoms with Gasteiger partial charge in [0.15, 0.2) is 0 Å². The number of anilines is 1. The van der Waals surface area contributed by atoms with Crippen molar-refractivity contribution >= 4 is 27.5 Å². The van der Waals surface area contributed by atoms with Crippen LogP contribution in [-0.2, 0) is 0 Å². The minimum Gasteiger partial charge on any atom is -0.367 e. The fourth-order valence-electron chi connectivity index (χ4n) is 2.75. The quantitative estimate of drug-likeness (QED) is 0.706. The smallest absolute Gasteiger partial charge is 0.149 e. The van der Waals surface area contributed by atoms with E-state index in [4.69, 9.17) is 0 Å². The first-order chi connectivity index (χ1) is 10.8. The molecule has 3 rings (SSSR count). The molecule has 114 valence electrons. The third-order valence-electron chi connectivity index (χ3n) is 4.11. The van der Waals surface area contributed by atoms with Crippen molar-refractivity contribution in [3.8, 4) is 0 Å². The fraction of sp³-hybridized carbons (Fsp3) is 0.333. The molecule has 0 bridgehead atoms. The van der Waals surface area contributed by atoms with E-state index in [0.717, 1.165) is 48.3 Å². The van der Waals surface area contributed by atoms with E-state index in [0.29, 0.717) is 0 Å². The molecule has 1 aromatic heterocycles. The normalized spacial score (nSPS) is 11.4. The molecule has 4 nitrogen and oxygen atoms in total. The summed E-state index contributed by atoms with van der Waals surface area (Å²) in [4.78, 5) is 2.38. The van der Waals surface area contributed by atoms with Gasteiger partial charge in [0, 0.05) is 23.9 Å². The molecule has 1 N–H and O–H groups in total. The summed E-state index contributed by atoms with van der Waals surface area (Å²) in [5.41, 5.74) is 0.965. The Kier molecular flexibility index (Phi) is 4.49. The Bertz CT molecular complexity index is 765. The summed E-state index contributed by atoms with van der Waals surface area (Å²) in [5, 5.41) is 15.6. The first-order valence-electron chi connectivity index (χ1n) is 7.93. The molecule has 1 heterocycles. The number of hydrogen-bond donors (Lipinski definition) is 1. The highest BCUT2D eigenvalue weighted by molar-refractivity contribution is 6.05. The summed E-state index contributed by atoms with van der Waals surface area (Å²) >= 11 is 0. The lowest BCUT2D eigenvalue weighted by atomic mass is 10.1. The van der Waals surface area contributed by atoms with Gasteiger partial charge < -0.3 is 10.2 Å². The van der Waals surface area contributed by atoms with E-state index in [9.17, 15) is 0 Å². The summed E-state index contributed by atoms with van der Waals surface area (Å²) in [6.07, 6.45) is 0. The Morgan fingerprint density at radius 2 is 1.73 bits per heavy atom. The molecular formula is C18H22N4. The van der Waals surface area contributed by atoms with Gasteiger partial charge in [0.05, 0.1) is 0 Å². The average molecular weight is 294 g/mol. The summed E-state index contributed by atoms with van der Waals surface area (Å²) in [7, 11) is 0. The Morgan fingerprint density at radius 3 is 2.55 bits per heavy atom. The number of fused-ring (bicyclic) bond motifs is 3. The van der Waals surface area contributed by atoms with Gasteiger partial charge in [0.25, 0.3) is 0 Å². The van der Waals surface area contributed by atoms with Crippen LogP contribution >= 0.6 is 0 Å². The lowest BCUT2D eigenvalue weighted by molar-refractivity contribution is 0.316. The van der Waals surface area contributed by atoms with Gasteiger partial charge in [-0.05, 0) is 24.5 Å². The van der Waals surface area contributed by atoms with Gasteiger partial charge in [-0.2, -0.15) is 0 Å². The Balaban J connectivity index is 1.80. The van der Waals surface area contributed by atoms with E-state index in [1.54, 1.807) is 0 Å². The molecule has 0 fully saturated rings. The van der Waals surface area contributed by atoms with Crippen molar-refractivity contribution in [1.82, 2.24) is 15.1 Å². The zero-order valence-electron chi connectivity index (χ0n) is 13.2. The molecule has 0 aliphatic carbocycles. The van der Waals surface area contributed by atoms with Crippen LogP contribution < -0.4 is 5.32 Å². The Morgan fingerprint density at radius 1 is 0.955 bits per heavy atom. The molecule has 0 spiro atoms. The molecule has 0 aliphatic heterocycles. The van der Waals surface area contributed by atoms with Crippen molar-refractivity contribution in [3.63, 3.8) is 0 Å². The second-order valence-corrected chi connectivity index (χ2v) is 5.41. The number of rotatable bonds is 6. The van der Waals surface area contributed by atoms with Crippen LogP contribution in [0.2, 0.25) is 0 Å². The summed E-state index contributed by atoms with van der Waals surface area (Å²) in [6, 6.07) is 14.6. The van der Waals surface area contributed by atoms with Crippen molar-refractivity contribution in [2.75, 3.05) is 31.5 Å². The van der Waals surface area contributed by atoms with Crippen LogP contribution in [0, 0.1) is 0 Å². The molecular weight excluding hydrogens is 272 g/mol. The van der Waals surface area contributed by atoms with Crippen LogP contribution in [-0.4, -0.2) is 41.3 Å². The van der Waals surface area contributed by atoms with Crippen LogP contribution in [0.25, 0.3) is 21.7 Å². The van der Waals surface area contributed by atoms with Gasteiger partial charge in [0.2, 0.25) is 0 Å². The van der Waals surface area contributed by atoms with Gasteiger partial charge in [-0.25, -0.2) is 0 Å². The number of aromatic nitrogens is 2. The van der Waals surface area contributed by atoms with Crippen molar-refractivity contribution in [2.45, 2.75) is 13.8 Å². The molecule has 0 amide bonds. The standard InChI is InChI=1S/C18H22N4/c1-3-22(4-2)12-11-19-17-13-15-10-9-14-7-5-6-8-16(14)18(15)21-20-17/h5-10,13H,3-4,11-12H2,1-2H3,(H,19,20). The fourth-order valence-corrected chi connectivity index (χ4v) is 2.75. The zero-order valence-corrected chi connectivity index (χ0v) is 13.2. The maximum Gasteiger partial charge on any atom is 0.149 e. The average Bonchev–Trinajstić information content (AvgIpc) is 2.58. The molecule has 0 saturated carbocycles. The Labute approximate surface area is 131 Å². The second kappa shape index (κ2) is 6.71. The van der Waals surface area contributed by atoms with E-state index in [2.05, 4.69) is 64.6 Å². The highest BCUT2D eigenvalue weighted by atomic mass is 15.2. The molecule has 22 heavy (non-hydrogen) atoms. The van der Waals surface area contributed by atoms with E-state index in [1.807, 2.05) is 12.1 Å². The highest BCUT2D eigenvalue weighted by Crippen LogP contribution is 2.24. The number of benzene rings is 2. The van der Waals surface area contributed by atoms with E-state index in [1.165, 1.54) is 5.39 Å². The molecule has 0 aliphatic rings. The van der Waals surface area contributed by atoms with Crippen molar-refractivity contribution < 1.29 is 0 Å². The van der Waals surface area contributed by atoms with Gasteiger partial charge in [-0.1, -0.05) is 50.2 Å². The van der Waals surface area contributed by atoms with E-state index >= 15 is 0 Å². The number of nitrogens with one attached hydrogen (secondary N) is 1. The van der Waals surface area contributed by atoms with Gasteiger partial charge in [-0.3, -0.25) is 0 Å². The minimum absolute atomic E-state index is 0.843. The Hall–Kier alpha value is -2.20. The van der Waals surface area contributed by atoms with Crippen molar-refractivity contribution in [2.24, 2.45) is 0 Å². The van der Waals surface area contributed by atoms with Crippen LogP contribution in [0.3, 0.4) is 0 Å². The first kappa shape index (κ1) is 14.7. The largest absolute Gasteiger partial charge is 0.367 e. The van der Waals surface area contributed by atoms with Crippen molar-refractivity contribution in [1.29, 1.82) is 0 Å². The van der Waals surface area contributed by atoms with Gasteiger partial charge in [0.1, 0.15) is 11.3 Å². The van der Waals surface area contributed by atoms with Crippen LogP contribution in [0.5, 0.6) is 0 Å². The van der Waals surface area contributed by atoms with Gasteiger partial charge in [-0.15, -0.1) is 10.2 Å². The first-order valence-corrected chi connectivity index (χ1v) is 7.93. The topological polar surface area (TPSA) is 41.0 Å². The lowest BCUT2D eigenvalue weighted by Gasteiger charge is -2.18. The van der Waals surface area contributed by atoms with E-state index < -0.39 is 0 Å². The summed E-state index contributed by atoms with van der Waals surface area (Å²) < 4.78 is 0. The number of hydrogen-bond acceptors (Lipinski definition) is 4. The minimum atomic E-state index is 0.843. The summed E-state index contributed by atoms with van der Waals surface area (Å²) in [5.74, 6) is 0.843. The number of likely N-dealkylation sites (N-methyl/N-ethyl adjacent to an activating group) is 1. The predicted octanol–water partition coefficient (Wildman–Crippen LogP) is 3.54. The molecule has 3 aromatic rings. The zero-order chi connectivity index (χ0) is 15.4. The molecule has 2 aromatic carbocycles. The second-order valence-electron chi connectivity index (χ2n) is 5.41. The van der Waals surface area contributed by atoms with Gasteiger partial charge >= 0.3 is 0 Å². The third kappa shape index (κ3) is 3.02. The lowest BCUT2D eigenvalue weighted by Crippen LogP contribution is -2.28. The highest BCUT2D eigenvalue weighted by Gasteiger charge is 2.04. The van der Waals surface area contributed by atoms with E-state index in [-0.39, 0.29) is 0 Å². The predicted molar refractivity (Wildman–Crippen MR) is 93.3 cm³/mol. The maximum absolute atomic E-state index is 4.42. The maximum atomic E-state index is 4.42. The third-order valence-corrected chi connectivity index (χ3v) is 4.11.